The topological polar surface area (TPSA) is 18.5 Å². The van der Waals surface area contributed by atoms with Crippen LogP contribution >= 0.6 is 0 Å². The Morgan fingerprint density at radius 2 is 1.40 bits per heavy atom. The van der Waals surface area contributed by atoms with Gasteiger partial charge in [0, 0.05) is 13.2 Å². The molecule has 0 fully saturated rings. The Bertz CT molecular complexity index is 154. The minimum Gasteiger partial charge on any atom is -0.394 e. The normalized spacial score (nSPS) is 12.8. The monoisotopic (exact) mass is 232 g/mol. The molecule has 0 atom stereocenters. The first-order chi connectivity index (χ1) is 6.91. The molecule has 0 amide bonds. The Morgan fingerprint density at radius 3 is 1.80 bits per heavy atom. The predicted molar refractivity (Wildman–Crippen MR) is 68.3 cm³/mol. The molecular formula is C12H28O2Si. The van der Waals surface area contributed by atoms with Crippen LogP contribution in [0.2, 0.25) is 13.1 Å². The van der Waals surface area contributed by atoms with Crippen LogP contribution in [0.3, 0.4) is 0 Å². The van der Waals surface area contributed by atoms with E-state index in [-0.39, 0.29) is 0 Å². The highest BCUT2D eigenvalue weighted by molar-refractivity contribution is 6.64. The molecule has 0 aliphatic heterocycles. The van der Waals surface area contributed by atoms with Crippen molar-refractivity contribution in [2.45, 2.75) is 53.6 Å². The quantitative estimate of drug-likeness (QED) is 0.592. The Balaban J connectivity index is 3.81. The van der Waals surface area contributed by atoms with Crippen LogP contribution in [-0.2, 0) is 8.85 Å². The summed E-state index contributed by atoms with van der Waals surface area (Å²) >= 11 is 0. The molecule has 15 heavy (non-hydrogen) atoms. The van der Waals surface area contributed by atoms with Gasteiger partial charge in [-0.25, -0.2) is 0 Å². The van der Waals surface area contributed by atoms with E-state index in [9.17, 15) is 0 Å². The van der Waals surface area contributed by atoms with E-state index in [1.54, 1.807) is 0 Å². The summed E-state index contributed by atoms with van der Waals surface area (Å²) in [6, 6.07) is 0. The highest BCUT2D eigenvalue weighted by Gasteiger charge is 2.25. The molecule has 0 aliphatic carbocycles. The van der Waals surface area contributed by atoms with Gasteiger partial charge >= 0.3 is 8.56 Å². The third kappa shape index (κ3) is 8.00. The largest absolute Gasteiger partial charge is 0.394 e. The van der Waals surface area contributed by atoms with Crippen LogP contribution in [0.1, 0.15) is 40.5 Å². The lowest BCUT2D eigenvalue weighted by Crippen LogP contribution is -2.37. The first kappa shape index (κ1) is 15.1. The summed E-state index contributed by atoms with van der Waals surface area (Å²) in [4.78, 5) is 0. The summed E-state index contributed by atoms with van der Waals surface area (Å²) in [5, 5.41) is 0. The smallest absolute Gasteiger partial charge is 0.331 e. The maximum absolute atomic E-state index is 5.94. The number of hydrogen-bond donors (Lipinski definition) is 0. The van der Waals surface area contributed by atoms with Gasteiger partial charge in [-0.1, -0.05) is 40.5 Å². The van der Waals surface area contributed by atoms with E-state index in [1.807, 2.05) is 0 Å². The molecule has 0 saturated carbocycles. The molecule has 0 aromatic heterocycles. The van der Waals surface area contributed by atoms with Crippen molar-refractivity contribution >= 4 is 8.56 Å². The molecule has 0 rings (SSSR count). The maximum atomic E-state index is 5.94. The highest BCUT2D eigenvalue weighted by atomic mass is 28.4. The Kier molecular flexibility index (Phi) is 7.48. The van der Waals surface area contributed by atoms with Crippen LogP contribution < -0.4 is 0 Å². The summed E-state index contributed by atoms with van der Waals surface area (Å²) in [7, 11) is -1.86. The van der Waals surface area contributed by atoms with Gasteiger partial charge in [0.2, 0.25) is 0 Å². The van der Waals surface area contributed by atoms with E-state index in [1.165, 1.54) is 12.8 Å². The van der Waals surface area contributed by atoms with Gasteiger partial charge in [-0.05, 0) is 24.9 Å². The van der Waals surface area contributed by atoms with Gasteiger partial charge in [-0.2, -0.15) is 0 Å². The van der Waals surface area contributed by atoms with E-state index in [4.69, 9.17) is 8.85 Å². The standard InChI is InChI=1S/C12H28O2Si/c1-7-12(8-2)10-14-15(5,6)13-9-11(3)4/h11-12H,7-10H2,1-6H3. The van der Waals surface area contributed by atoms with Gasteiger partial charge in [-0.3, -0.25) is 0 Å². The first-order valence-electron chi connectivity index (χ1n) is 6.19. The third-order valence-electron chi connectivity index (χ3n) is 2.59. The molecule has 3 heteroatoms. The predicted octanol–water partition coefficient (Wildman–Crippen LogP) is 3.81. The first-order valence-corrected chi connectivity index (χ1v) is 9.00. The fourth-order valence-electron chi connectivity index (χ4n) is 1.25. The van der Waals surface area contributed by atoms with Crippen LogP contribution in [0, 0.1) is 11.8 Å². The highest BCUT2D eigenvalue weighted by Crippen LogP contribution is 2.14. The molecule has 0 aliphatic rings. The molecule has 0 aromatic rings. The van der Waals surface area contributed by atoms with E-state index in [0.29, 0.717) is 11.8 Å². The van der Waals surface area contributed by atoms with Crippen molar-refractivity contribution in [3.63, 3.8) is 0 Å². The van der Waals surface area contributed by atoms with Crippen molar-refractivity contribution in [2.75, 3.05) is 13.2 Å². The summed E-state index contributed by atoms with van der Waals surface area (Å²) in [6.45, 7) is 14.8. The Hall–Kier alpha value is 0.137. The fraction of sp³-hybridized carbons (Fsp3) is 1.00. The number of hydrogen-bond acceptors (Lipinski definition) is 2. The van der Waals surface area contributed by atoms with E-state index >= 15 is 0 Å². The average molecular weight is 232 g/mol. The van der Waals surface area contributed by atoms with Gasteiger partial charge in [-0.15, -0.1) is 0 Å². The van der Waals surface area contributed by atoms with Gasteiger partial charge in [0.25, 0.3) is 0 Å². The lowest BCUT2D eigenvalue weighted by atomic mass is 10.1. The second kappa shape index (κ2) is 7.42. The second-order valence-corrected chi connectivity index (χ2v) is 8.48. The number of rotatable bonds is 8. The minimum atomic E-state index is -1.86. The summed E-state index contributed by atoms with van der Waals surface area (Å²) in [5.41, 5.74) is 0. The van der Waals surface area contributed by atoms with Crippen molar-refractivity contribution in [3.8, 4) is 0 Å². The summed E-state index contributed by atoms with van der Waals surface area (Å²) < 4.78 is 11.8. The van der Waals surface area contributed by atoms with Crippen LogP contribution in [-0.4, -0.2) is 21.8 Å². The Morgan fingerprint density at radius 1 is 0.933 bits per heavy atom. The zero-order valence-electron chi connectivity index (χ0n) is 11.3. The SMILES string of the molecule is CCC(CC)CO[Si](C)(C)OCC(C)C. The van der Waals surface area contributed by atoms with Crippen LogP contribution in [0.15, 0.2) is 0 Å². The Labute approximate surface area is 96.6 Å². The molecule has 2 nitrogen and oxygen atoms in total. The van der Waals surface area contributed by atoms with E-state index < -0.39 is 8.56 Å². The second-order valence-electron chi connectivity index (χ2n) is 5.10. The molecule has 0 radical (unpaired) electrons. The van der Waals surface area contributed by atoms with Crippen molar-refractivity contribution in [2.24, 2.45) is 11.8 Å². The molecule has 0 unspecified atom stereocenters. The van der Waals surface area contributed by atoms with Gasteiger partial charge < -0.3 is 8.85 Å². The van der Waals surface area contributed by atoms with E-state index in [0.717, 1.165) is 13.2 Å². The molecule has 0 aromatic carbocycles. The van der Waals surface area contributed by atoms with Crippen molar-refractivity contribution in [1.82, 2.24) is 0 Å². The fourth-order valence-corrected chi connectivity index (χ4v) is 2.71. The molecule has 0 N–H and O–H groups in total. The van der Waals surface area contributed by atoms with Gasteiger partial charge in [0.05, 0.1) is 0 Å². The molecule has 0 bridgehead atoms. The summed E-state index contributed by atoms with van der Waals surface area (Å²) in [6.07, 6.45) is 2.40. The average Bonchev–Trinajstić information content (AvgIpc) is 2.17. The lowest BCUT2D eigenvalue weighted by molar-refractivity contribution is 0.138. The minimum absolute atomic E-state index is 0.591. The zero-order chi connectivity index (χ0) is 11.9. The maximum Gasteiger partial charge on any atom is 0.331 e. The van der Waals surface area contributed by atoms with Crippen molar-refractivity contribution in [3.05, 3.63) is 0 Å². The van der Waals surface area contributed by atoms with Crippen molar-refractivity contribution in [1.29, 1.82) is 0 Å². The van der Waals surface area contributed by atoms with E-state index in [2.05, 4.69) is 40.8 Å². The molecular weight excluding hydrogens is 204 g/mol. The molecule has 0 saturated heterocycles. The summed E-state index contributed by atoms with van der Waals surface area (Å²) in [5.74, 6) is 1.29. The molecule has 92 valence electrons. The van der Waals surface area contributed by atoms with Crippen LogP contribution in [0.4, 0.5) is 0 Å². The molecule has 0 spiro atoms. The third-order valence-corrected chi connectivity index (χ3v) is 4.31. The van der Waals surface area contributed by atoms with Gasteiger partial charge in [0.15, 0.2) is 0 Å². The zero-order valence-corrected chi connectivity index (χ0v) is 12.3. The molecule has 0 heterocycles. The van der Waals surface area contributed by atoms with Crippen LogP contribution in [0.5, 0.6) is 0 Å². The van der Waals surface area contributed by atoms with Crippen LogP contribution in [0.25, 0.3) is 0 Å². The lowest BCUT2D eigenvalue weighted by Gasteiger charge is -2.26. The van der Waals surface area contributed by atoms with Crippen molar-refractivity contribution < 1.29 is 8.85 Å². The van der Waals surface area contributed by atoms with Gasteiger partial charge in [0.1, 0.15) is 0 Å².